The van der Waals surface area contributed by atoms with Crippen molar-refractivity contribution in [2.24, 2.45) is 0 Å². The van der Waals surface area contributed by atoms with Crippen LogP contribution in [-0.2, 0) is 4.79 Å². The molecule has 7 heteroatoms. The van der Waals surface area contributed by atoms with Crippen molar-refractivity contribution in [2.75, 3.05) is 19.0 Å². The average Bonchev–Trinajstić information content (AvgIpc) is 3.31. The number of nitrogens with one attached hydrogen (secondary N) is 2. The molecule has 2 aromatic heterocycles. The maximum absolute atomic E-state index is 12.3. The number of methoxy groups -OCH3 is 1. The van der Waals surface area contributed by atoms with Gasteiger partial charge < -0.3 is 14.5 Å². The molecule has 3 aromatic rings. The zero-order chi connectivity index (χ0) is 17.2. The van der Waals surface area contributed by atoms with Gasteiger partial charge in [0, 0.05) is 18.3 Å². The van der Waals surface area contributed by atoms with Gasteiger partial charge in [0.1, 0.15) is 11.8 Å². The van der Waals surface area contributed by atoms with Crippen molar-refractivity contribution >= 4 is 22.8 Å². The van der Waals surface area contributed by atoms with Gasteiger partial charge >= 0.3 is 0 Å². The molecule has 1 amide bonds. The molecular formula is C18H16N4O3. The summed E-state index contributed by atoms with van der Waals surface area (Å²) in [6, 6.07) is 8.63. The van der Waals surface area contributed by atoms with Crippen LogP contribution >= 0.6 is 0 Å². The summed E-state index contributed by atoms with van der Waals surface area (Å²) in [6.07, 6.45) is 5.41. The number of hydrogen-bond donors (Lipinski definition) is 2. The molecule has 7 nitrogen and oxygen atoms in total. The second kappa shape index (κ2) is 6.37. The van der Waals surface area contributed by atoms with Crippen LogP contribution in [0.3, 0.4) is 0 Å². The monoisotopic (exact) mass is 336 g/mol. The van der Waals surface area contributed by atoms with E-state index in [0.29, 0.717) is 35.1 Å². The van der Waals surface area contributed by atoms with E-state index in [0.717, 1.165) is 5.56 Å². The number of aromatic nitrogens is 2. The third-order valence-corrected chi connectivity index (χ3v) is 3.94. The molecule has 2 N–H and O–H groups in total. The van der Waals surface area contributed by atoms with Gasteiger partial charge in [0.2, 0.25) is 11.8 Å². The number of carbonyl (C=O) groups excluding carboxylic acids is 1. The van der Waals surface area contributed by atoms with E-state index in [4.69, 9.17) is 9.15 Å². The number of oxazole rings is 1. The third-order valence-electron chi connectivity index (χ3n) is 3.94. The Morgan fingerprint density at radius 2 is 2.32 bits per heavy atom. The first kappa shape index (κ1) is 15.3. The fourth-order valence-corrected chi connectivity index (χ4v) is 2.69. The quantitative estimate of drug-likeness (QED) is 0.711. The second-order valence-corrected chi connectivity index (χ2v) is 5.56. The van der Waals surface area contributed by atoms with Crippen LogP contribution in [-0.4, -0.2) is 35.6 Å². The molecule has 0 aliphatic carbocycles. The lowest BCUT2D eigenvalue weighted by Gasteiger charge is -2.14. The van der Waals surface area contributed by atoms with Gasteiger partial charge in [-0.1, -0.05) is 12.2 Å². The zero-order valence-electron chi connectivity index (χ0n) is 13.5. The normalized spacial score (nSPS) is 16.3. The molecule has 1 aliphatic heterocycles. The van der Waals surface area contributed by atoms with E-state index in [1.54, 1.807) is 31.5 Å². The number of hydrogen-bond acceptors (Lipinski definition) is 6. The Morgan fingerprint density at radius 3 is 3.08 bits per heavy atom. The molecule has 1 aromatic carbocycles. The van der Waals surface area contributed by atoms with Gasteiger partial charge in [0.25, 0.3) is 0 Å². The maximum Gasteiger partial charge on any atom is 0.245 e. The summed E-state index contributed by atoms with van der Waals surface area (Å²) in [6.45, 7) is 0.686. The van der Waals surface area contributed by atoms with Gasteiger partial charge in [-0.25, -0.2) is 4.98 Å². The molecule has 0 saturated heterocycles. The maximum atomic E-state index is 12.3. The van der Waals surface area contributed by atoms with Crippen LogP contribution in [0.4, 0.5) is 5.69 Å². The fourth-order valence-electron chi connectivity index (χ4n) is 2.69. The summed E-state index contributed by atoms with van der Waals surface area (Å²) in [5, 5.41) is 5.96. The number of carbonyl (C=O) groups is 1. The summed E-state index contributed by atoms with van der Waals surface area (Å²) in [5.74, 6) is 0.850. The first-order valence-corrected chi connectivity index (χ1v) is 7.85. The molecule has 0 saturated carbocycles. The van der Waals surface area contributed by atoms with Gasteiger partial charge in [0.05, 0.1) is 12.8 Å². The minimum atomic E-state index is -0.345. The highest BCUT2D eigenvalue weighted by atomic mass is 16.5. The molecule has 126 valence electrons. The van der Waals surface area contributed by atoms with Crippen molar-refractivity contribution in [1.29, 1.82) is 0 Å². The molecule has 3 heterocycles. The minimum absolute atomic E-state index is 0.150. The molecule has 0 spiro atoms. The van der Waals surface area contributed by atoms with E-state index in [1.165, 1.54) is 0 Å². The summed E-state index contributed by atoms with van der Waals surface area (Å²) in [5.41, 5.74) is 2.43. The topological polar surface area (TPSA) is 89.3 Å². The van der Waals surface area contributed by atoms with Crippen molar-refractivity contribution in [2.45, 2.75) is 6.04 Å². The molecule has 0 bridgehead atoms. The van der Waals surface area contributed by atoms with Gasteiger partial charge in [0.15, 0.2) is 11.2 Å². The highest BCUT2D eigenvalue weighted by Crippen LogP contribution is 2.31. The van der Waals surface area contributed by atoms with Crippen molar-refractivity contribution in [3.05, 3.63) is 48.7 Å². The van der Waals surface area contributed by atoms with Gasteiger partial charge in [-0.3, -0.25) is 10.1 Å². The number of nitrogens with zero attached hydrogens (tertiary/aromatic N) is 2. The highest BCUT2D eigenvalue weighted by Gasteiger charge is 2.20. The predicted molar refractivity (Wildman–Crippen MR) is 93.4 cm³/mol. The number of benzene rings is 1. The SMILES string of the molecule is COc1ccc(-c2nc3ncccc3o2)cc1NC(=O)[C@@H]1C=CCN1. The zero-order valence-corrected chi connectivity index (χ0v) is 13.5. The van der Waals surface area contributed by atoms with Crippen LogP contribution in [0.1, 0.15) is 0 Å². The minimum Gasteiger partial charge on any atom is -0.495 e. The summed E-state index contributed by atoms with van der Waals surface area (Å²) < 4.78 is 11.1. The number of rotatable bonds is 4. The molecular weight excluding hydrogens is 320 g/mol. The molecule has 1 aliphatic rings. The number of amides is 1. The highest BCUT2D eigenvalue weighted by molar-refractivity contribution is 5.98. The molecule has 1 atom stereocenters. The van der Waals surface area contributed by atoms with Crippen molar-refractivity contribution in [1.82, 2.24) is 15.3 Å². The molecule has 25 heavy (non-hydrogen) atoms. The standard InChI is InChI=1S/C18H16N4O3/c1-24-14-7-6-11(18-22-16-15(25-18)5-3-9-20-16)10-13(14)21-17(23)12-4-2-8-19-12/h2-7,9-10,12,19H,8H2,1H3,(H,21,23)/t12-/m0/s1. The average molecular weight is 336 g/mol. The third kappa shape index (κ3) is 2.97. The Morgan fingerprint density at radius 1 is 1.40 bits per heavy atom. The first-order chi connectivity index (χ1) is 12.2. The van der Waals surface area contributed by atoms with Gasteiger partial charge in [-0.2, -0.15) is 4.98 Å². The van der Waals surface area contributed by atoms with E-state index < -0.39 is 0 Å². The van der Waals surface area contributed by atoms with E-state index in [9.17, 15) is 4.79 Å². The largest absolute Gasteiger partial charge is 0.495 e. The number of pyridine rings is 1. The lowest BCUT2D eigenvalue weighted by atomic mass is 10.1. The first-order valence-electron chi connectivity index (χ1n) is 7.85. The Labute approximate surface area is 143 Å². The van der Waals surface area contributed by atoms with Crippen LogP contribution in [0.25, 0.3) is 22.7 Å². The lowest BCUT2D eigenvalue weighted by molar-refractivity contribution is -0.116. The Kier molecular flexibility index (Phi) is 3.91. The molecule has 0 unspecified atom stereocenters. The van der Waals surface area contributed by atoms with E-state index >= 15 is 0 Å². The number of ether oxygens (including phenoxy) is 1. The van der Waals surface area contributed by atoms with Crippen LogP contribution in [0.15, 0.2) is 53.1 Å². The fraction of sp³-hybridized carbons (Fsp3) is 0.167. The van der Waals surface area contributed by atoms with E-state index in [1.807, 2.05) is 24.3 Å². The van der Waals surface area contributed by atoms with Gasteiger partial charge in [-0.05, 0) is 30.3 Å². The van der Waals surface area contributed by atoms with Crippen LogP contribution in [0.5, 0.6) is 5.75 Å². The van der Waals surface area contributed by atoms with Crippen LogP contribution in [0, 0.1) is 0 Å². The van der Waals surface area contributed by atoms with Crippen LogP contribution in [0.2, 0.25) is 0 Å². The summed E-state index contributed by atoms with van der Waals surface area (Å²) in [4.78, 5) is 20.9. The van der Waals surface area contributed by atoms with Crippen molar-refractivity contribution in [3.8, 4) is 17.2 Å². The number of anilines is 1. The predicted octanol–water partition coefficient (Wildman–Crippen LogP) is 2.36. The number of fused-ring (bicyclic) bond motifs is 1. The van der Waals surface area contributed by atoms with Crippen molar-refractivity contribution < 1.29 is 13.9 Å². The van der Waals surface area contributed by atoms with Gasteiger partial charge in [-0.15, -0.1) is 0 Å². The molecule has 0 radical (unpaired) electrons. The smallest absolute Gasteiger partial charge is 0.245 e. The summed E-state index contributed by atoms with van der Waals surface area (Å²) in [7, 11) is 1.56. The Hall–Kier alpha value is -3.19. The van der Waals surface area contributed by atoms with E-state index in [2.05, 4.69) is 20.6 Å². The Bertz CT molecular complexity index is 931. The van der Waals surface area contributed by atoms with E-state index in [-0.39, 0.29) is 11.9 Å². The summed E-state index contributed by atoms with van der Waals surface area (Å²) >= 11 is 0. The lowest BCUT2D eigenvalue weighted by Crippen LogP contribution is -2.35. The molecule has 4 rings (SSSR count). The van der Waals surface area contributed by atoms with Crippen LogP contribution < -0.4 is 15.4 Å². The Balaban J connectivity index is 1.67. The second-order valence-electron chi connectivity index (χ2n) is 5.56. The molecule has 0 fully saturated rings. The van der Waals surface area contributed by atoms with Crippen molar-refractivity contribution in [3.63, 3.8) is 0 Å².